The zero-order valence-corrected chi connectivity index (χ0v) is 14.6. The van der Waals surface area contributed by atoms with E-state index in [1.54, 1.807) is 12.1 Å². The van der Waals surface area contributed by atoms with Gasteiger partial charge in [0.05, 0.1) is 0 Å². The highest BCUT2D eigenvalue weighted by atomic mass is 16.6. The first-order valence-electron chi connectivity index (χ1n) is 8.77. The smallest absolute Gasteiger partial charge is 0.344 e. The van der Waals surface area contributed by atoms with Crippen molar-refractivity contribution in [2.75, 3.05) is 25.1 Å². The minimum atomic E-state index is -0.483. The van der Waals surface area contributed by atoms with E-state index in [-0.39, 0.29) is 25.2 Å². The van der Waals surface area contributed by atoms with Crippen molar-refractivity contribution in [2.45, 2.75) is 18.9 Å². The summed E-state index contributed by atoms with van der Waals surface area (Å²) < 4.78 is 22.0. The predicted molar refractivity (Wildman–Crippen MR) is 96.2 cm³/mol. The quantitative estimate of drug-likeness (QED) is 0.815. The molecule has 0 fully saturated rings. The van der Waals surface area contributed by atoms with Gasteiger partial charge in [0, 0.05) is 12.1 Å². The van der Waals surface area contributed by atoms with E-state index in [0.29, 0.717) is 36.7 Å². The summed E-state index contributed by atoms with van der Waals surface area (Å²) in [5.41, 5.74) is 1.78. The van der Waals surface area contributed by atoms with E-state index in [1.165, 1.54) is 0 Å². The van der Waals surface area contributed by atoms with Crippen molar-refractivity contribution >= 4 is 17.6 Å². The highest BCUT2D eigenvalue weighted by Gasteiger charge is 2.22. The maximum absolute atomic E-state index is 11.9. The van der Waals surface area contributed by atoms with Crippen molar-refractivity contribution in [1.82, 2.24) is 0 Å². The fourth-order valence-electron chi connectivity index (χ4n) is 2.96. The SMILES string of the molecule is O=C1CCc2cc(OCC(=O)OCC3COc4ccccc4O3)ccc2N1. The number of fused-ring (bicyclic) bond motifs is 2. The maximum Gasteiger partial charge on any atom is 0.344 e. The number of carbonyl (C=O) groups is 2. The Morgan fingerprint density at radius 2 is 2.00 bits per heavy atom. The fraction of sp³-hybridized carbons (Fsp3) is 0.300. The first-order chi connectivity index (χ1) is 13.2. The Balaban J connectivity index is 1.24. The first kappa shape index (κ1) is 17.2. The molecule has 2 aliphatic rings. The molecule has 0 spiro atoms. The van der Waals surface area contributed by atoms with Crippen LogP contribution in [0.25, 0.3) is 0 Å². The van der Waals surface area contributed by atoms with Crippen LogP contribution in [0.5, 0.6) is 17.2 Å². The fourth-order valence-corrected chi connectivity index (χ4v) is 2.96. The molecule has 4 rings (SSSR count). The molecular weight excluding hydrogens is 350 g/mol. The molecule has 0 saturated heterocycles. The lowest BCUT2D eigenvalue weighted by Crippen LogP contribution is -2.34. The summed E-state index contributed by atoms with van der Waals surface area (Å²) in [7, 11) is 0. The van der Waals surface area contributed by atoms with Crippen molar-refractivity contribution in [3.05, 3.63) is 48.0 Å². The van der Waals surface area contributed by atoms with E-state index in [1.807, 2.05) is 30.3 Å². The van der Waals surface area contributed by atoms with Gasteiger partial charge in [-0.25, -0.2) is 4.79 Å². The van der Waals surface area contributed by atoms with Gasteiger partial charge in [-0.2, -0.15) is 0 Å². The number of esters is 1. The lowest BCUT2D eigenvalue weighted by molar-refractivity contribution is -0.149. The second-order valence-electron chi connectivity index (χ2n) is 6.34. The third kappa shape index (κ3) is 4.13. The van der Waals surface area contributed by atoms with Crippen LogP contribution in [0.4, 0.5) is 5.69 Å². The van der Waals surface area contributed by atoms with Crippen molar-refractivity contribution < 1.29 is 28.5 Å². The van der Waals surface area contributed by atoms with E-state index < -0.39 is 5.97 Å². The molecule has 0 saturated carbocycles. The molecule has 0 aromatic heterocycles. The van der Waals surface area contributed by atoms with Gasteiger partial charge in [0.25, 0.3) is 0 Å². The van der Waals surface area contributed by atoms with Crippen LogP contribution in [0, 0.1) is 0 Å². The Bertz CT molecular complexity index is 865. The number of nitrogens with one attached hydrogen (secondary N) is 1. The van der Waals surface area contributed by atoms with E-state index >= 15 is 0 Å². The number of hydrogen-bond donors (Lipinski definition) is 1. The molecule has 0 radical (unpaired) electrons. The third-order valence-electron chi connectivity index (χ3n) is 4.33. The molecule has 0 bridgehead atoms. The molecule has 1 amide bonds. The van der Waals surface area contributed by atoms with Gasteiger partial charge in [-0.3, -0.25) is 4.79 Å². The highest BCUT2D eigenvalue weighted by Crippen LogP contribution is 2.31. The number of aryl methyl sites for hydroxylation is 1. The van der Waals surface area contributed by atoms with E-state index in [0.717, 1.165) is 11.3 Å². The van der Waals surface area contributed by atoms with Gasteiger partial charge >= 0.3 is 5.97 Å². The number of rotatable bonds is 5. The molecule has 1 atom stereocenters. The minimum Gasteiger partial charge on any atom is -0.486 e. The number of anilines is 1. The molecule has 2 aromatic rings. The first-order valence-corrected chi connectivity index (χ1v) is 8.77. The summed E-state index contributed by atoms with van der Waals surface area (Å²) in [6.45, 7) is 0.212. The van der Waals surface area contributed by atoms with E-state index in [2.05, 4.69) is 5.32 Å². The Hall–Kier alpha value is -3.22. The van der Waals surface area contributed by atoms with Gasteiger partial charge in [0.1, 0.15) is 19.0 Å². The zero-order valence-electron chi connectivity index (χ0n) is 14.6. The Morgan fingerprint density at radius 1 is 1.15 bits per heavy atom. The van der Waals surface area contributed by atoms with Gasteiger partial charge in [-0.05, 0) is 42.3 Å². The summed E-state index contributed by atoms with van der Waals surface area (Å²) in [4.78, 5) is 23.3. The highest BCUT2D eigenvalue weighted by molar-refractivity contribution is 5.94. The van der Waals surface area contributed by atoms with Crippen molar-refractivity contribution in [2.24, 2.45) is 0 Å². The molecule has 2 aromatic carbocycles. The van der Waals surface area contributed by atoms with E-state index in [9.17, 15) is 9.59 Å². The van der Waals surface area contributed by atoms with Crippen molar-refractivity contribution in [3.8, 4) is 17.2 Å². The Labute approximate surface area is 156 Å². The molecule has 1 unspecified atom stereocenters. The van der Waals surface area contributed by atoms with Crippen LogP contribution in [0.3, 0.4) is 0 Å². The van der Waals surface area contributed by atoms with Crippen LogP contribution < -0.4 is 19.5 Å². The van der Waals surface area contributed by atoms with Crippen LogP contribution in [0.15, 0.2) is 42.5 Å². The molecule has 140 valence electrons. The molecule has 1 N–H and O–H groups in total. The monoisotopic (exact) mass is 369 g/mol. The van der Waals surface area contributed by atoms with Crippen LogP contribution in [-0.2, 0) is 20.7 Å². The number of amides is 1. The third-order valence-corrected chi connectivity index (χ3v) is 4.33. The average molecular weight is 369 g/mol. The van der Waals surface area contributed by atoms with Crippen LogP contribution in [-0.4, -0.2) is 37.8 Å². The number of hydrogen-bond acceptors (Lipinski definition) is 6. The largest absolute Gasteiger partial charge is 0.486 e. The van der Waals surface area contributed by atoms with Crippen LogP contribution >= 0.6 is 0 Å². The number of para-hydroxylation sites is 2. The topological polar surface area (TPSA) is 83.1 Å². The zero-order chi connectivity index (χ0) is 18.6. The second-order valence-corrected chi connectivity index (χ2v) is 6.34. The lowest BCUT2D eigenvalue weighted by atomic mass is 10.0. The van der Waals surface area contributed by atoms with Gasteiger partial charge in [-0.15, -0.1) is 0 Å². The molecule has 27 heavy (non-hydrogen) atoms. The van der Waals surface area contributed by atoms with E-state index in [4.69, 9.17) is 18.9 Å². The Kier molecular flexibility index (Phi) is 4.82. The molecule has 7 heteroatoms. The number of benzene rings is 2. The number of ether oxygens (including phenoxy) is 4. The maximum atomic E-state index is 11.9. The van der Waals surface area contributed by atoms with Gasteiger partial charge < -0.3 is 24.3 Å². The number of carbonyl (C=O) groups excluding carboxylic acids is 2. The molecule has 0 aliphatic carbocycles. The minimum absolute atomic E-state index is 0.0104. The average Bonchev–Trinajstić information content (AvgIpc) is 2.70. The van der Waals surface area contributed by atoms with Gasteiger partial charge in [-0.1, -0.05) is 12.1 Å². The summed E-state index contributed by atoms with van der Waals surface area (Å²) in [6.07, 6.45) is 0.755. The molecule has 2 heterocycles. The standard InChI is InChI=1S/C20H19NO6/c22-19-8-5-13-9-14(6-7-16(13)21-19)24-12-20(23)26-11-15-10-25-17-3-1-2-4-18(17)27-15/h1-4,6-7,9,15H,5,8,10-12H2,(H,21,22). The van der Waals surface area contributed by atoms with Crippen molar-refractivity contribution in [1.29, 1.82) is 0 Å². The lowest BCUT2D eigenvalue weighted by Gasteiger charge is -2.26. The summed E-state index contributed by atoms with van der Waals surface area (Å²) >= 11 is 0. The van der Waals surface area contributed by atoms with Gasteiger partial charge in [0.15, 0.2) is 24.2 Å². The normalized spacial score (nSPS) is 17.5. The summed E-state index contributed by atoms with van der Waals surface area (Å²) in [5.74, 6) is 1.42. The molecule has 7 nitrogen and oxygen atoms in total. The van der Waals surface area contributed by atoms with Crippen LogP contribution in [0.2, 0.25) is 0 Å². The summed E-state index contributed by atoms with van der Waals surface area (Å²) in [5, 5.41) is 2.80. The van der Waals surface area contributed by atoms with Gasteiger partial charge in [0.2, 0.25) is 5.91 Å². The molecular formula is C20H19NO6. The predicted octanol–water partition coefficient (Wildman–Crippen LogP) is 2.33. The second kappa shape index (κ2) is 7.57. The summed E-state index contributed by atoms with van der Waals surface area (Å²) in [6, 6.07) is 12.7. The Morgan fingerprint density at radius 3 is 2.89 bits per heavy atom. The molecule has 2 aliphatic heterocycles. The van der Waals surface area contributed by atoms with Crippen LogP contribution in [0.1, 0.15) is 12.0 Å². The van der Waals surface area contributed by atoms with Crippen molar-refractivity contribution in [3.63, 3.8) is 0 Å².